The molecule has 2 amide bonds. The van der Waals surface area contributed by atoms with E-state index in [1.54, 1.807) is 42.5 Å². The van der Waals surface area contributed by atoms with E-state index in [-0.39, 0.29) is 18.3 Å². The summed E-state index contributed by atoms with van der Waals surface area (Å²) in [5.74, 6) is -0.611. The zero-order valence-corrected chi connectivity index (χ0v) is 12.5. The Morgan fingerprint density at radius 2 is 1.74 bits per heavy atom. The van der Waals surface area contributed by atoms with Gasteiger partial charge >= 0.3 is 0 Å². The molecule has 0 fully saturated rings. The van der Waals surface area contributed by atoms with Crippen molar-refractivity contribution in [2.24, 2.45) is 5.73 Å². The average Bonchev–Trinajstić information content (AvgIpc) is 2.53. The van der Waals surface area contributed by atoms with E-state index in [0.29, 0.717) is 22.6 Å². The van der Waals surface area contributed by atoms with Gasteiger partial charge in [0.05, 0.1) is 0 Å². The second-order valence-corrected chi connectivity index (χ2v) is 4.87. The first kappa shape index (κ1) is 16.2. The van der Waals surface area contributed by atoms with E-state index in [4.69, 9.17) is 10.5 Å². The number of primary amides is 1. The van der Waals surface area contributed by atoms with Crippen LogP contribution in [-0.4, -0.2) is 24.2 Å². The molecule has 0 aliphatic heterocycles. The molecule has 2 aromatic carbocycles. The largest absolute Gasteiger partial charge is 0.484 e. The summed E-state index contributed by atoms with van der Waals surface area (Å²) < 4.78 is 5.35. The fraction of sp³-hybridized carbons (Fsp3) is 0.118. The van der Waals surface area contributed by atoms with Gasteiger partial charge in [0, 0.05) is 16.8 Å². The Morgan fingerprint density at radius 3 is 2.43 bits per heavy atom. The van der Waals surface area contributed by atoms with Gasteiger partial charge in [-0.05, 0) is 37.3 Å². The number of hydrogen-bond acceptors (Lipinski definition) is 4. The van der Waals surface area contributed by atoms with Gasteiger partial charge in [-0.25, -0.2) is 0 Å². The van der Waals surface area contributed by atoms with Crippen molar-refractivity contribution in [1.29, 1.82) is 0 Å². The van der Waals surface area contributed by atoms with Gasteiger partial charge in [-0.2, -0.15) is 0 Å². The Morgan fingerprint density at radius 1 is 1.04 bits per heavy atom. The third-order valence-electron chi connectivity index (χ3n) is 3.04. The summed E-state index contributed by atoms with van der Waals surface area (Å²) in [5, 5.41) is 2.61. The van der Waals surface area contributed by atoms with Crippen LogP contribution in [0.15, 0.2) is 48.5 Å². The summed E-state index contributed by atoms with van der Waals surface area (Å²) in [6.07, 6.45) is 0. The van der Waals surface area contributed by atoms with Crippen LogP contribution >= 0.6 is 0 Å². The predicted octanol–water partition coefficient (Wildman–Crippen LogP) is 2.01. The molecule has 6 heteroatoms. The van der Waals surface area contributed by atoms with Crippen molar-refractivity contribution in [2.75, 3.05) is 11.9 Å². The fourth-order valence-corrected chi connectivity index (χ4v) is 1.90. The number of nitrogens with one attached hydrogen (secondary N) is 1. The van der Waals surface area contributed by atoms with E-state index in [2.05, 4.69) is 5.32 Å². The van der Waals surface area contributed by atoms with Crippen LogP contribution in [-0.2, 0) is 4.79 Å². The van der Waals surface area contributed by atoms with Crippen molar-refractivity contribution in [1.82, 2.24) is 0 Å². The Kier molecular flexibility index (Phi) is 5.09. The van der Waals surface area contributed by atoms with E-state index in [0.717, 1.165) is 0 Å². The number of amides is 2. The first-order valence-corrected chi connectivity index (χ1v) is 6.89. The topological polar surface area (TPSA) is 98.5 Å². The van der Waals surface area contributed by atoms with Crippen molar-refractivity contribution in [3.8, 4) is 5.75 Å². The number of ketones is 1. The lowest BCUT2D eigenvalue weighted by molar-refractivity contribution is -0.118. The van der Waals surface area contributed by atoms with Crippen LogP contribution in [0.2, 0.25) is 0 Å². The molecule has 2 rings (SSSR count). The zero-order valence-electron chi connectivity index (χ0n) is 12.5. The minimum atomic E-state index is -0.571. The summed E-state index contributed by atoms with van der Waals surface area (Å²) in [4.78, 5) is 34.3. The second-order valence-electron chi connectivity index (χ2n) is 4.87. The maximum absolute atomic E-state index is 11.9. The molecule has 0 bridgehead atoms. The molecule has 0 saturated heterocycles. The molecule has 0 spiro atoms. The van der Waals surface area contributed by atoms with Crippen molar-refractivity contribution in [2.45, 2.75) is 6.92 Å². The van der Waals surface area contributed by atoms with Gasteiger partial charge in [0.2, 0.25) is 5.91 Å². The highest BCUT2D eigenvalue weighted by Gasteiger charge is 2.07. The molecule has 0 aliphatic rings. The van der Waals surface area contributed by atoms with Crippen molar-refractivity contribution in [3.63, 3.8) is 0 Å². The number of carbonyl (C=O) groups excluding carboxylic acids is 3. The number of anilines is 1. The molecular weight excluding hydrogens is 296 g/mol. The van der Waals surface area contributed by atoms with Gasteiger partial charge in [0.25, 0.3) is 5.91 Å². The normalized spacial score (nSPS) is 9.96. The zero-order chi connectivity index (χ0) is 16.8. The molecule has 0 aromatic heterocycles. The quantitative estimate of drug-likeness (QED) is 0.797. The van der Waals surface area contributed by atoms with Crippen LogP contribution in [0.4, 0.5) is 5.69 Å². The summed E-state index contributed by atoms with van der Waals surface area (Å²) in [6, 6.07) is 12.9. The van der Waals surface area contributed by atoms with Gasteiger partial charge < -0.3 is 15.8 Å². The molecule has 0 heterocycles. The predicted molar refractivity (Wildman–Crippen MR) is 85.5 cm³/mol. The molecule has 0 atom stereocenters. The monoisotopic (exact) mass is 312 g/mol. The smallest absolute Gasteiger partial charge is 0.262 e. The van der Waals surface area contributed by atoms with Crippen LogP contribution in [0, 0.1) is 0 Å². The van der Waals surface area contributed by atoms with Crippen LogP contribution in [0.1, 0.15) is 27.6 Å². The highest BCUT2D eigenvalue weighted by molar-refractivity contribution is 5.97. The number of hydrogen-bond donors (Lipinski definition) is 2. The SMILES string of the molecule is CC(=O)c1cccc(OCC(=O)Nc2cccc(C(N)=O)c2)c1. The van der Waals surface area contributed by atoms with Gasteiger partial charge in [-0.15, -0.1) is 0 Å². The van der Waals surface area contributed by atoms with E-state index >= 15 is 0 Å². The Labute approximate surface area is 133 Å². The Bertz CT molecular complexity index is 756. The van der Waals surface area contributed by atoms with E-state index in [9.17, 15) is 14.4 Å². The third-order valence-corrected chi connectivity index (χ3v) is 3.04. The summed E-state index contributed by atoms with van der Waals surface area (Å²) >= 11 is 0. The van der Waals surface area contributed by atoms with E-state index < -0.39 is 5.91 Å². The minimum absolute atomic E-state index is 0.0804. The van der Waals surface area contributed by atoms with E-state index in [1.807, 2.05) is 0 Å². The maximum atomic E-state index is 11.9. The lowest BCUT2D eigenvalue weighted by Crippen LogP contribution is -2.20. The first-order chi connectivity index (χ1) is 11.0. The first-order valence-electron chi connectivity index (χ1n) is 6.89. The molecule has 118 valence electrons. The highest BCUT2D eigenvalue weighted by Crippen LogP contribution is 2.14. The minimum Gasteiger partial charge on any atom is -0.484 e. The lowest BCUT2D eigenvalue weighted by Gasteiger charge is -2.09. The maximum Gasteiger partial charge on any atom is 0.262 e. The number of rotatable bonds is 6. The molecule has 23 heavy (non-hydrogen) atoms. The Balaban J connectivity index is 1.95. The van der Waals surface area contributed by atoms with Gasteiger partial charge in [0.1, 0.15) is 5.75 Å². The molecule has 0 radical (unpaired) electrons. The van der Waals surface area contributed by atoms with Crippen molar-refractivity contribution < 1.29 is 19.1 Å². The third kappa shape index (κ3) is 4.67. The molecule has 0 saturated carbocycles. The Hall–Kier alpha value is -3.15. The standard InChI is InChI=1S/C17H16N2O4/c1-11(20)12-4-3-7-15(9-12)23-10-16(21)19-14-6-2-5-13(8-14)17(18)22/h2-9H,10H2,1H3,(H2,18,22)(H,19,21). The highest BCUT2D eigenvalue weighted by atomic mass is 16.5. The summed E-state index contributed by atoms with van der Waals surface area (Å²) in [6.45, 7) is 1.24. The van der Waals surface area contributed by atoms with Crippen LogP contribution in [0.25, 0.3) is 0 Å². The fourth-order valence-electron chi connectivity index (χ4n) is 1.90. The van der Waals surface area contributed by atoms with Gasteiger partial charge in [-0.1, -0.05) is 18.2 Å². The molecular formula is C17H16N2O4. The van der Waals surface area contributed by atoms with Gasteiger partial charge in [0.15, 0.2) is 12.4 Å². The van der Waals surface area contributed by atoms with Gasteiger partial charge in [-0.3, -0.25) is 14.4 Å². The number of benzene rings is 2. The average molecular weight is 312 g/mol. The molecule has 6 nitrogen and oxygen atoms in total. The molecule has 0 unspecified atom stereocenters. The van der Waals surface area contributed by atoms with Crippen LogP contribution in [0.3, 0.4) is 0 Å². The number of carbonyl (C=O) groups is 3. The van der Waals surface area contributed by atoms with Crippen LogP contribution in [0.5, 0.6) is 5.75 Å². The molecule has 0 aliphatic carbocycles. The summed E-state index contributed by atoms with van der Waals surface area (Å²) in [7, 11) is 0. The van der Waals surface area contributed by atoms with Crippen molar-refractivity contribution in [3.05, 3.63) is 59.7 Å². The number of ether oxygens (including phenoxy) is 1. The van der Waals surface area contributed by atoms with Crippen molar-refractivity contribution >= 4 is 23.3 Å². The van der Waals surface area contributed by atoms with E-state index in [1.165, 1.54) is 13.0 Å². The molecule has 3 N–H and O–H groups in total. The van der Waals surface area contributed by atoms with Crippen LogP contribution < -0.4 is 15.8 Å². The molecule has 2 aromatic rings. The summed E-state index contributed by atoms with van der Waals surface area (Å²) in [5.41, 5.74) is 6.45. The number of Topliss-reactive ketones (excluding diaryl/α,β-unsaturated/α-hetero) is 1. The number of nitrogens with two attached hydrogens (primary N) is 1. The second kappa shape index (κ2) is 7.22. The lowest BCUT2D eigenvalue weighted by atomic mass is 10.1.